The van der Waals surface area contributed by atoms with Crippen LogP contribution in [0, 0.1) is 0 Å². The molecule has 0 fully saturated rings. The van der Waals surface area contributed by atoms with Gasteiger partial charge in [-0.05, 0) is 63.5 Å². The van der Waals surface area contributed by atoms with Crippen LogP contribution in [0.2, 0.25) is 0 Å². The summed E-state index contributed by atoms with van der Waals surface area (Å²) in [7, 11) is 1.52. The quantitative estimate of drug-likeness (QED) is 0.612. The molecule has 2 rings (SSSR count). The van der Waals surface area contributed by atoms with Gasteiger partial charge in [-0.15, -0.1) is 0 Å². The summed E-state index contributed by atoms with van der Waals surface area (Å²) in [5.41, 5.74) is 0.432. The number of anilines is 1. The van der Waals surface area contributed by atoms with Crippen LogP contribution in [-0.4, -0.2) is 60.1 Å². The Morgan fingerprint density at radius 3 is 2.25 bits per heavy atom. The van der Waals surface area contributed by atoms with Crippen LogP contribution in [-0.2, 0) is 14.8 Å². The van der Waals surface area contributed by atoms with E-state index in [-0.39, 0.29) is 17.3 Å². The van der Waals surface area contributed by atoms with E-state index in [1.165, 1.54) is 19.2 Å². The van der Waals surface area contributed by atoms with Crippen molar-refractivity contribution in [2.75, 3.05) is 45.1 Å². The fourth-order valence-corrected chi connectivity index (χ4v) is 4.01. The number of nitrogens with zero attached hydrogens (tertiary/aromatic N) is 2. The van der Waals surface area contributed by atoms with Crippen molar-refractivity contribution >= 4 is 21.6 Å². The predicted molar refractivity (Wildman–Crippen MR) is 110 cm³/mol. The van der Waals surface area contributed by atoms with Crippen molar-refractivity contribution in [3.63, 3.8) is 0 Å². The van der Waals surface area contributed by atoms with Gasteiger partial charge in [0.25, 0.3) is 10.0 Å². The van der Waals surface area contributed by atoms with Crippen molar-refractivity contribution in [3.05, 3.63) is 54.6 Å². The van der Waals surface area contributed by atoms with Gasteiger partial charge in [-0.3, -0.25) is 9.10 Å². The maximum atomic E-state index is 13.2. The van der Waals surface area contributed by atoms with Crippen LogP contribution in [0.25, 0.3) is 0 Å². The number of para-hydroxylation sites is 1. The first kappa shape index (κ1) is 21.7. The van der Waals surface area contributed by atoms with Gasteiger partial charge in [0.15, 0.2) is 0 Å². The molecule has 2 aromatic rings. The van der Waals surface area contributed by atoms with Crippen LogP contribution >= 0.6 is 0 Å². The number of rotatable bonds is 10. The zero-order valence-electron chi connectivity index (χ0n) is 16.5. The number of carbonyl (C=O) groups excluding carboxylic acids is 1. The molecule has 0 heterocycles. The minimum atomic E-state index is -3.91. The van der Waals surface area contributed by atoms with Crippen molar-refractivity contribution < 1.29 is 17.9 Å². The Morgan fingerprint density at radius 1 is 1.04 bits per heavy atom. The van der Waals surface area contributed by atoms with E-state index in [0.29, 0.717) is 18.0 Å². The highest BCUT2D eigenvalue weighted by molar-refractivity contribution is 7.92. The summed E-state index contributed by atoms with van der Waals surface area (Å²) in [4.78, 5) is 14.5. The molecule has 0 aliphatic rings. The zero-order chi connectivity index (χ0) is 20.6. The maximum absolute atomic E-state index is 13.2. The Balaban J connectivity index is 2.20. The molecule has 2 aromatic carbocycles. The summed E-state index contributed by atoms with van der Waals surface area (Å²) >= 11 is 0. The minimum absolute atomic E-state index is 0.0950. The van der Waals surface area contributed by atoms with Crippen molar-refractivity contribution in [1.82, 2.24) is 10.2 Å². The number of methoxy groups -OCH3 is 1. The molecule has 0 bridgehead atoms. The summed E-state index contributed by atoms with van der Waals surface area (Å²) in [5.74, 6) is 0.212. The molecular formula is C20H27N3O4S. The van der Waals surface area contributed by atoms with Gasteiger partial charge in [0.05, 0.1) is 17.7 Å². The molecule has 0 unspecified atom stereocenters. The standard InChI is InChI=1S/C20H27N3O4S/c1-22(2)15-7-14-21-20(24)16-23(17-8-5-4-6-9-17)28(25,26)19-12-10-18(27-3)11-13-19/h4-6,8-13H,7,14-16H2,1-3H3,(H,21,24). The van der Waals surface area contributed by atoms with Crippen LogP contribution in [0.3, 0.4) is 0 Å². The molecule has 1 amide bonds. The van der Waals surface area contributed by atoms with E-state index < -0.39 is 10.0 Å². The summed E-state index contributed by atoms with van der Waals surface area (Å²) in [5, 5.41) is 2.79. The molecule has 0 aliphatic carbocycles. The lowest BCUT2D eigenvalue weighted by atomic mass is 10.3. The van der Waals surface area contributed by atoms with Gasteiger partial charge >= 0.3 is 0 Å². The van der Waals surface area contributed by atoms with Gasteiger partial charge in [0, 0.05) is 6.54 Å². The average Bonchev–Trinajstić information content (AvgIpc) is 2.70. The van der Waals surface area contributed by atoms with Crippen LogP contribution < -0.4 is 14.4 Å². The second kappa shape index (κ2) is 10.1. The maximum Gasteiger partial charge on any atom is 0.264 e. The molecule has 0 saturated heterocycles. The van der Waals surface area contributed by atoms with Crippen molar-refractivity contribution in [2.45, 2.75) is 11.3 Å². The summed E-state index contributed by atoms with van der Waals surface area (Å²) in [6, 6.07) is 14.7. The predicted octanol–water partition coefficient (Wildman–Crippen LogP) is 1.96. The number of hydrogen-bond acceptors (Lipinski definition) is 5. The van der Waals surface area contributed by atoms with Crippen LogP contribution in [0.4, 0.5) is 5.69 Å². The third-order valence-corrected chi connectivity index (χ3v) is 5.87. The molecule has 0 saturated carbocycles. The smallest absolute Gasteiger partial charge is 0.264 e. The van der Waals surface area contributed by atoms with E-state index in [4.69, 9.17) is 4.74 Å². The topological polar surface area (TPSA) is 79.0 Å². The number of carbonyl (C=O) groups is 1. The molecule has 0 aliphatic heterocycles. The third-order valence-electron chi connectivity index (χ3n) is 4.08. The van der Waals surface area contributed by atoms with Crippen LogP contribution in [0.1, 0.15) is 6.42 Å². The lowest BCUT2D eigenvalue weighted by Crippen LogP contribution is -2.41. The highest BCUT2D eigenvalue weighted by Crippen LogP contribution is 2.24. The highest BCUT2D eigenvalue weighted by Gasteiger charge is 2.27. The molecule has 0 atom stereocenters. The molecule has 7 nitrogen and oxygen atoms in total. The Bertz CT molecular complexity index is 853. The zero-order valence-corrected chi connectivity index (χ0v) is 17.3. The fraction of sp³-hybridized carbons (Fsp3) is 0.350. The Morgan fingerprint density at radius 2 is 1.68 bits per heavy atom. The van der Waals surface area contributed by atoms with Crippen molar-refractivity contribution in [1.29, 1.82) is 0 Å². The van der Waals surface area contributed by atoms with E-state index in [9.17, 15) is 13.2 Å². The monoisotopic (exact) mass is 405 g/mol. The number of sulfonamides is 1. The SMILES string of the molecule is COc1ccc(S(=O)(=O)N(CC(=O)NCCCN(C)C)c2ccccc2)cc1. The first-order chi connectivity index (χ1) is 13.3. The normalized spacial score (nSPS) is 11.3. The van der Waals surface area contributed by atoms with E-state index in [1.54, 1.807) is 42.5 Å². The number of amides is 1. The molecule has 0 spiro atoms. The Hall–Kier alpha value is -2.58. The lowest BCUT2D eigenvalue weighted by Gasteiger charge is -2.24. The molecular weight excluding hydrogens is 378 g/mol. The molecule has 152 valence electrons. The van der Waals surface area contributed by atoms with E-state index >= 15 is 0 Å². The summed E-state index contributed by atoms with van der Waals surface area (Å²) < 4.78 is 32.6. The molecule has 0 radical (unpaired) electrons. The van der Waals surface area contributed by atoms with Gasteiger partial charge in [0.2, 0.25) is 5.91 Å². The van der Waals surface area contributed by atoms with Gasteiger partial charge in [0.1, 0.15) is 12.3 Å². The lowest BCUT2D eigenvalue weighted by molar-refractivity contribution is -0.119. The van der Waals surface area contributed by atoms with Gasteiger partial charge in [-0.1, -0.05) is 18.2 Å². The van der Waals surface area contributed by atoms with Crippen LogP contribution in [0.5, 0.6) is 5.75 Å². The number of ether oxygens (including phenoxy) is 1. The van der Waals surface area contributed by atoms with E-state index in [2.05, 4.69) is 5.32 Å². The fourth-order valence-electron chi connectivity index (χ4n) is 2.59. The first-order valence-corrected chi connectivity index (χ1v) is 10.4. The number of nitrogens with one attached hydrogen (secondary N) is 1. The number of hydrogen-bond donors (Lipinski definition) is 1. The second-order valence-corrected chi connectivity index (χ2v) is 8.39. The van der Waals surface area contributed by atoms with E-state index in [0.717, 1.165) is 17.3 Å². The van der Waals surface area contributed by atoms with Gasteiger partial charge in [-0.2, -0.15) is 0 Å². The molecule has 8 heteroatoms. The Kier molecular flexibility index (Phi) is 7.83. The largest absolute Gasteiger partial charge is 0.497 e. The molecule has 0 aromatic heterocycles. The van der Waals surface area contributed by atoms with Crippen molar-refractivity contribution in [2.24, 2.45) is 0 Å². The van der Waals surface area contributed by atoms with Gasteiger partial charge in [-0.25, -0.2) is 8.42 Å². The molecule has 28 heavy (non-hydrogen) atoms. The highest BCUT2D eigenvalue weighted by atomic mass is 32.2. The average molecular weight is 406 g/mol. The molecule has 1 N–H and O–H groups in total. The summed E-state index contributed by atoms with van der Waals surface area (Å²) in [6.07, 6.45) is 0.787. The third kappa shape index (κ3) is 5.97. The first-order valence-electron chi connectivity index (χ1n) is 8.98. The number of benzene rings is 2. The van der Waals surface area contributed by atoms with E-state index in [1.807, 2.05) is 19.0 Å². The summed E-state index contributed by atoms with van der Waals surface area (Å²) in [6.45, 7) is 1.04. The Labute approximate surface area is 167 Å². The van der Waals surface area contributed by atoms with Crippen LogP contribution in [0.15, 0.2) is 59.5 Å². The minimum Gasteiger partial charge on any atom is -0.497 e. The second-order valence-electron chi connectivity index (χ2n) is 6.53. The van der Waals surface area contributed by atoms with Crippen molar-refractivity contribution in [3.8, 4) is 5.75 Å². The van der Waals surface area contributed by atoms with Gasteiger partial charge < -0.3 is 15.0 Å².